The Hall–Kier alpha value is -1.36. The lowest BCUT2D eigenvalue weighted by atomic mass is 9.95. The standard InChI is InChI=1S/C17H25NO3S/c1-4-8-11(3)15(19)18-16-14(17(20)21-5-2)12-9-6-7-10-13(12)22-16/h11H,4-10H2,1-3H3,(H,18,19)/t11-/m0/s1. The first kappa shape index (κ1) is 17.0. The van der Waals surface area contributed by atoms with Gasteiger partial charge in [-0.15, -0.1) is 11.3 Å². The molecule has 1 heterocycles. The van der Waals surface area contributed by atoms with Crippen LogP contribution in [0.3, 0.4) is 0 Å². The summed E-state index contributed by atoms with van der Waals surface area (Å²) in [5, 5.41) is 3.65. The Labute approximate surface area is 136 Å². The number of ether oxygens (including phenoxy) is 1. The molecule has 0 radical (unpaired) electrons. The van der Waals surface area contributed by atoms with Crippen LogP contribution < -0.4 is 5.32 Å². The zero-order valence-electron chi connectivity index (χ0n) is 13.7. The van der Waals surface area contributed by atoms with Crippen molar-refractivity contribution in [3.8, 4) is 0 Å². The molecule has 1 aliphatic carbocycles. The fraction of sp³-hybridized carbons (Fsp3) is 0.647. The highest BCUT2D eigenvalue weighted by atomic mass is 32.1. The van der Waals surface area contributed by atoms with Crippen molar-refractivity contribution in [3.05, 3.63) is 16.0 Å². The average Bonchev–Trinajstić information content (AvgIpc) is 2.85. The van der Waals surface area contributed by atoms with Crippen molar-refractivity contribution in [2.24, 2.45) is 5.92 Å². The molecule has 1 atom stereocenters. The summed E-state index contributed by atoms with van der Waals surface area (Å²) in [6.07, 6.45) is 5.96. The molecule has 0 spiro atoms. The number of thiophene rings is 1. The van der Waals surface area contributed by atoms with E-state index in [0.29, 0.717) is 17.2 Å². The van der Waals surface area contributed by atoms with E-state index in [1.807, 2.05) is 6.92 Å². The molecule has 1 N–H and O–H groups in total. The Kier molecular flexibility index (Phi) is 6.00. The van der Waals surface area contributed by atoms with Gasteiger partial charge in [-0.1, -0.05) is 20.3 Å². The van der Waals surface area contributed by atoms with Gasteiger partial charge in [0.1, 0.15) is 5.00 Å². The molecular formula is C17H25NO3S. The van der Waals surface area contributed by atoms with E-state index in [2.05, 4.69) is 12.2 Å². The van der Waals surface area contributed by atoms with E-state index >= 15 is 0 Å². The van der Waals surface area contributed by atoms with Crippen LogP contribution in [0, 0.1) is 5.92 Å². The molecule has 0 fully saturated rings. The smallest absolute Gasteiger partial charge is 0.341 e. The number of nitrogens with one attached hydrogen (secondary N) is 1. The van der Waals surface area contributed by atoms with Crippen LogP contribution in [0.4, 0.5) is 5.00 Å². The number of aryl methyl sites for hydroxylation is 1. The fourth-order valence-electron chi connectivity index (χ4n) is 2.87. The zero-order chi connectivity index (χ0) is 16.1. The van der Waals surface area contributed by atoms with Gasteiger partial charge in [0.05, 0.1) is 12.2 Å². The van der Waals surface area contributed by atoms with Gasteiger partial charge < -0.3 is 10.1 Å². The maximum atomic E-state index is 12.3. The number of esters is 1. The molecule has 0 saturated heterocycles. The van der Waals surface area contributed by atoms with E-state index in [9.17, 15) is 9.59 Å². The molecular weight excluding hydrogens is 298 g/mol. The Morgan fingerprint density at radius 3 is 2.68 bits per heavy atom. The number of amides is 1. The molecule has 0 saturated carbocycles. The van der Waals surface area contributed by atoms with Gasteiger partial charge in [0, 0.05) is 10.8 Å². The van der Waals surface area contributed by atoms with E-state index in [0.717, 1.165) is 44.1 Å². The van der Waals surface area contributed by atoms with Crippen LogP contribution in [0.25, 0.3) is 0 Å². The monoisotopic (exact) mass is 323 g/mol. The number of fused-ring (bicyclic) bond motifs is 1. The van der Waals surface area contributed by atoms with E-state index < -0.39 is 0 Å². The van der Waals surface area contributed by atoms with Gasteiger partial charge in [0.25, 0.3) is 0 Å². The normalized spacial score (nSPS) is 15.0. The molecule has 1 aromatic rings. The predicted molar refractivity (Wildman–Crippen MR) is 89.6 cm³/mol. The highest BCUT2D eigenvalue weighted by molar-refractivity contribution is 7.17. The van der Waals surface area contributed by atoms with Crippen LogP contribution in [-0.2, 0) is 22.4 Å². The summed E-state index contributed by atoms with van der Waals surface area (Å²) < 4.78 is 5.20. The lowest BCUT2D eigenvalue weighted by molar-refractivity contribution is -0.119. The molecule has 22 heavy (non-hydrogen) atoms. The summed E-state index contributed by atoms with van der Waals surface area (Å²) >= 11 is 1.55. The van der Waals surface area contributed by atoms with Crippen LogP contribution in [-0.4, -0.2) is 18.5 Å². The summed E-state index contributed by atoms with van der Waals surface area (Å²) in [4.78, 5) is 25.8. The second-order valence-electron chi connectivity index (χ2n) is 5.81. The molecule has 0 aliphatic heterocycles. The second-order valence-corrected chi connectivity index (χ2v) is 6.92. The molecule has 1 aromatic heterocycles. The number of carbonyl (C=O) groups excluding carboxylic acids is 2. The molecule has 0 bridgehead atoms. The van der Waals surface area contributed by atoms with Gasteiger partial charge in [-0.2, -0.15) is 0 Å². The first-order valence-corrected chi connectivity index (χ1v) is 9.02. The van der Waals surface area contributed by atoms with Gasteiger partial charge in [-0.25, -0.2) is 4.79 Å². The number of rotatable bonds is 6. The van der Waals surface area contributed by atoms with Crippen LogP contribution in [0.15, 0.2) is 0 Å². The third kappa shape index (κ3) is 3.69. The van der Waals surface area contributed by atoms with E-state index in [1.54, 1.807) is 18.3 Å². The number of hydrogen-bond acceptors (Lipinski definition) is 4. The van der Waals surface area contributed by atoms with Crippen molar-refractivity contribution in [3.63, 3.8) is 0 Å². The van der Waals surface area contributed by atoms with Crippen molar-refractivity contribution < 1.29 is 14.3 Å². The fourth-order valence-corrected chi connectivity index (χ4v) is 4.15. The maximum absolute atomic E-state index is 12.3. The molecule has 1 aliphatic rings. The number of anilines is 1. The Morgan fingerprint density at radius 2 is 2.00 bits per heavy atom. The van der Waals surface area contributed by atoms with Gasteiger partial charge in [-0.3, -0.25) is 4.79 Å². The molecule has 4 nitrogen and oxygen atoms in total. The van der Waals surface area contributed by atoms with E-state index in [1.165, 1.54) is 4.88 Å². The Bertz CT molecular complexity index is 550. The molecule has 0 unspecified atom stereocenters. The number of hydrogen-bond donors (Lipinski definition) is 1. The quantitative estimate of drug-likeness (QED) is 0.799. The topological polar surface area (TPSA) is 55.4 Å². The summed E-state index contributed by atoms with van der Waals surface area (Å²) in [7, 11) is 0. The van der Waals surface area contributed by atoms with Crippen LogP contribution in [0.1, 0.15) is 67.3 Å². The zero-order valence-corrected chi connectivity index (χ0v) is 14.5. The van der Waals surface area contributed by atoms with Crippen molar-refractivity contribution in [2.45, 2.75) is 59.3 Å². The van der Waals surface area contributed by atoms with Crippen LogP contribution in [0.2, 0.25) is 0 Å². The van der Waals surface area contributed by atoms with Gasteiger partial charge in [0.15, 0.2) is 0 Å². The third-order valence-electron chi connectivity index (χ3n) is 4.06. The van der Waals surface area contributed by atoms with Crippen molar-refractivity contribution >= 4 is 28.2 Å². The van der Waals surface area contributed by atoms with E-state index in [4.69, 9.17) is 4.74 Å². The van der Waals surface area contributed by atoms with Crippen LogP contribution >= 0.6 is 11.3 Å². The molecule has 2 rings (SSSR count). The van der Waals surface area contributed by atoms with Crippen molar-refractivity contribution in [1.29, 1.82) is 0 Å². The van der Waals surface area contributed by atoms with Gasteiger partial charge in [0.2, 0.25) is 5.91 Å². The van der Waals surface area contributed by atoms with Crippen LogP contribution in [0.5, 0.6) is 0 Å². The third-order valence-corrected chi connectivity index (χ3v) is 5.26. The average molecular weight is 323 g/mol. The first-order chi connectivity index (χ1) is 10.6. The highest BCUT2D eigenvalue weighted by Crippen LogP contribution is 2.38. The van der Waals surface area contributed by atoms with Crippen molar-refractivity contribution in [1.82, 2.24) is 0 Å². The van der Waals surface area contributed by atoms with E-state index in [-0.39, 0.29) is 17.8 Å². The second kappa shape index (κ2) is 7.77. The minimum Gasteiger partial charge on any atom is -0.462 e. The molecule has 0 aromatic carbocycles. The summed E-state index contributed by atoms with van der Waals surface area (Å²) in [6.45, 7) is 6.15. The predicted octanol–water partition coefficient (Wildman–Crippen LogP) is 4.18. The van der Waals surface area contributed by atoms with Gasteiger partial charge >= 0.3 is 5.97 Å². The summed E-state index contributed by atoms with van der Waals surface area (Å²) in [6, 6.07) is 0. The first-order valence-electron chi connectivity index (χ1n) is 8.20. The highest BCUT2D eigenvalue weighted by Gasteiger charge is 2.27. The summed E-state index contributed by atoms with van der Waals surface area (Å²) in [5.74, 6) is -0.356. The van der Waals surface area contributed by atoms with Gasteiger partial charge in [-0.05, 0) is 44.6 Å². The SMILES string of the molecule is CCC[C@H](C)C(=O)Nc1sc2c(c1C(=O)OCC)CCCC2. The Morgan fingerprint density at radius 1 is 1.27 bits per heavy atom. The maximum Gasteiger partial charge on any atom is 0.341 e. The minimum absolute atomic E-state index is 0.00834. The minimum atomic E-state index is -0.305. The Balaban J connectivity index is 2.28. The molecule has 1 amide bonds. The number of carbonyl (C=O) groups is 2. The van der Waals surface area contributed by atoms with Crippen molar-refractivity contribution in [2.75, 3.05) is 11.9 Å². The lowest BCUT2D eigenvalue weighted by Gasteiger charge is -2.13. The molecule has 122 valence electrons. The lowest BCUT2D eigenvalue weighted by Crippen LogP contribution is -2.21. The summed E-state index contributed by atoms with van der Waals surface area (Å²) in [5.41, 5.74) is 1.69. The molecule has 5 heteroatoms. The largest absolute Gasteiger partial charge is 0.462 e.